The zero-order valence-corrected chi connectivity index (χ0v) is 13.5. The van der Waals surface area contributed by atoms with Gasteiger partial charge in [-0.05, 0) is 33.6 Å². The SMILES string of the molecule is C[C@@H]1CN(S(=O)(=O)N2CCCC[C@@H]2[C@@H](C)N)[C@H](C)CO1. The molecule has 0 aliphatic carbocycles. The molecule has 0 unspecified atom stereocenters. The van der Waals surface area contributed by atoms with E-state index in [9.17, 15) is 8.42 Å². The molecule has 6 nitrogen and oxygen atoms in total. The van der Waals surface area contributed by atoms with Crippen LogP contribution in [0.15, 0.2) is 0 Å². The molecule has 2 N–H and O–H groups in total. The summed E-state index contributed by atoms with van der Waals surface area (Å²) in [7, 11) is -3.45. The minimum Gasteiger partial charge on any atom is -0.375 e. The van der Waals surface area contributed by atoms with Gasteiger partial charge >= 0.3 is 0 Å². The zero-order valence-electron chi connectivity index (χ0n) is 12.7. The molecule has 2 rings (SSSR count). The van der Waals surface area contributed by atoms with Crippen molar-refractivity contribution in [2.75, 3.05) is 19.7 Å². The summed E-state index contributed by atoms with van der Waals surface area (Å²) in [5.41, 5.74) is 6.00. The lowest BCUT2D eigenvalue weighted by Gasteiger charge is -2.43. The van der Waals surface area contributed by atoms with Crippen LogP contribution in [-0.4, -0.2) is 61.0 Å². The minimum absolute atomic E-state index is 0.0560. The highest BCUT2D eigenvalue weighted by Crippen LogP contribution is 2.27. The van der Waals surface area contributed by atoms with Gasteiger partial charge in [-0.1, -0.05) is 6.42 Å². The summed E-state index contributed by atoms with van der Waals surface area (Å²) in [6.07, 6.45) is 2.76. The quantitative estimate of drug-likeness (QED) is 0.826. The fourth-order valence-corrected chi connectivity index (χ4v) is 5.25. The van der Waals surface area contributed by atoms with Crippen molar-refractivity contribution in [2.45, 2.75) is 64.3 Å². The molecule has 118 valence electrons. The Kier molecular flexibility index (Phi) is 5.07. The van der Waals surface area contributed by atoms with E-state index in [1.807, 2.05) is 20.8 Å². The lowest BCUT2D eigenvalue weighted by Crippen LogP contribution is -2.60. The van der Waals surface area contributed by atoms with Crippen LogP contribution in [0, 0.1) is 0 Å². The topological polar surface area (TPSA) is 75.9 Å². The maximum absolute atomic E-state index is 13.0. The van der Waals surface area contributed by atoms with Crippen LogP contribution in [0.5, 0.6) is 0 Å². The van der Waals surface area contributed by atoms with E-state index in [1.165, 1.54) is 0 Å². The van der Waals surface area contributed by atoms with E-state index in [-0.39, 0.29) is 24.2 Å². The van der Waals surface area contributed by atoms with Gasteiger partial charge in [-0.2, -0.15) is 17.0 Å². The Bertz CT molecular complexity index is 427. The zero-order chi connectivity index (χ0) is 14.9. The van der Waals surface area contributed by atoms with Crippen molar-refractivity contribution in [1.82, 2.24) is 8.61 Å². The second-order valence-corrected chi connectivity index (χ2v) is 7.94. The maximum atomic E-state index is 13.0. The van der Waals surface area contributed by atoms with Gasteiger partial charge in [-0.15, -0.1) is 0 Å². The van der Waals surface area contributed by atoms with Crippen molar-refractivity contribution < 1.29 is 13.2 Å². The number of rotatable bonds is 3. The van der Waals surface area contributed by atoms with Gasteiger partial charge in [0.15, 0.2) is 0 Å². The standard InChI is InChI=1S/C13H27N3O3S/c1-10-9-19-11(2)8-16(10)20(17,18)15-7-5-4-6-13(15)12(3)14/h10-13H,4-9,14H2,1-3H3/t10-,11-,12-,13-/m1/s1. The summed E-state index contributed by atoms with van der Waals surface area (Å²) in [6, 6.07) is -0.343. The fraction of sp³-hybridized carbons (Fsp3) is 1.00. The molecule has 2 aliphatic rings. The summed E-state index contributed by atoms with van der Waals surface area (Å²) in [5.74, 6) is 0. The van der Waals surface area contributed by atoms with Gasteiger partial charge in [0, 0.05) is 31.2 Å². The largest absolute Gasteiger partial charge is 0.375 e. The molecule has 0 spiro atoms. The van der Waals surface area contributed by atoms with Crippen molar-refractivity contribution in [2.24, 2.45) is 5.73 Å². The van der Waals surface area contributed by atoms with Gasteiger partial charge < -0.3 is 10.5 Å². The van der Waals surface area contributed by atoms with Crippen LogP contribution in [0.2, 0.25) is 0 Å². The number of nitrogens with zero attached hydrogens (tertiary/aromatic N) is 2. The molecule has 2 fully saturated rings. The molecule has 0 aromatic heterocycles. The van der Waals surface area contributed by atoms with E-state index >= 15 is 0 Å². The Balaban J connectivity index is 2.23. The molecule has 20 heavy (non-hydrogen) atoms. The Hall–Kier alpha value is -0.210. The van der Waals surface area contributed by atoms with Gasteiger partial charge in [-0.25, -0.2) is 0 Å². The average Bonchev–Trinajstić information content (AvgIpc) is 2.41. The molecule has 7 heteroatoms. The number of morpholine rings is 1. The molecule has 2 saturated heterocycles. The Morgan fingerprint density at radius 1 is 1.25 bits per heavy atom. The van der Waals surface area contributed by atoms with Gasteiger partial charge in [-0.3, -0.25) is 0 Å². The molecule has 0 amide bonds. The predicted molar refractivity (Wildman–Crippen MR) is 78.5 cm³/mol. The van der Waals surface area contributed by atoms with Gasteiger partial charge in [0.2, 0.25) is 0 Å². The summed E-state index contributed by atoms with van der Waals surface area (Å²) < 4.78 is 34.6. The molecule has 0 aromatic rings. The molecule has 2 heterocycles. The van der Waals surface area contributed by atoms with E-state index in [0.717, 1.165) is 19.3 Å². The number of hydrogen-bond donors (Lipinski definition) is 1. The van der Waals surface area contributed by atoms with Crippen molar-refractivity contribution in [3.8, 4) is 0 Å². The van der Waals surface area contributed by atoms with Gasteiger partial charge in [0.1, 0.15) is 0 Å². The number of piperidine rings is 1. The molecular formula is C13H27N3O3S. The Morgan fingerprint density at radius 2 is 1.95 bits per heavy atom. The average molecular weight is 305 g/mol. The molecular weight excluding hydrogens is 278 g/mol. The first-order valence-electron chi connectivity index (χ1n) is 7.50. The monoisotopic (exact) mass is 305 g/mol. The first-order valence-corrected chi connectivity index (χ1v) is 8.89. The molecule has 0 saturated carbocycles. The van der Waals surface area contributed by atoms with Gasteiger partial charge in [0.25, 0.3) is 10.2 Å². The highest BCUT2D eigenvalue weighted by atomic mass is 32.2. The highest BCUT2D eigenvalue weighted by molar-refractivity contribution is 7.86. The number of hydrogen-bond acceptors (Lipinski definition) is 4. The second kappa shape index (κ2) is 6.27. The van der Waals surface area contributed by atoms with Crippen molar-refractivity contribution in [1.29, 1.82) is 0 Å². The molecule has 0 aromatic carbocycles. The van der Waals surface area contributed by atoms with E-state index < -0.39 is 10.2 Å². The molecule has 0 radical (unpaired) electrons. The van der Waals surface area contributed by atoms with E-state index in [0.29, 0.717) is 19.7 Å². The molecule has 4 atom stereocenters. The molecule has 2 aliphatic heterocycles. The summed E-state index contributed by atoms with van der Waals surface area (Å²) >= 11 is 0. The van der Waals surface area contributed by atoms with Crippen LogP contribution >= 0.6 is 0 Å². The summed E-state index contributed by atoms with van der Waals surface area (Å²) in [5, 5.41) is 0. The van der Waals surface area contributed by atoms with E-state index in [1.54, 1.807) is 8.61 Å². The third kappa shape index (κ3) is 3.17. The lowest BCUT2D eigenvalue weighted by atomic mass is 10.00. The smallest absolute Gasteiger partial charge is 0.282 e. The third-order valence-corrected chi connectivity index (χ3v) is 6.40. The minimum atomic E-state index is -3.45. The van der Waals surface area contributed by atoms with Gasteiger partial charge in [0.05, 0.1) is 12.7 Å². The predicted octanol–water partition coefficient (Wildman–Crippen LogP) is 0.542. The van der Waals surface area contributed by atoms with Crippen molar-refractivity contribution in [3.05, 3.63) is 0 Å². The summed E-state index contributed by atoms with van der Waals surface area (Å²) in [6.45, 7) is 7.15. The van der Waals surface area contributed by atoms with Crippen LogP contribution in [0.25, 0.3) is 0 Å². The van der Waals surface area contributed by atoms with Crippen LogP contribution in [-0.2, 0) is 14.9 Å². The number of nitrogens with two attached hydrogens (primary N) is 1. The van der Waals surface area contributed by atoms with E-state index in [2.05, 4.69) is 0 Å². The van der Waals surface area contributed by atoms with Crippen molar-refractivity contribution in [3.63, 3.8) is 0 Å². The second-order valence-electron chi connectivity index (χ2n) is 6.10. The normalized spacial score (nSPS) is 35.9. The van der Waals surface area contributed by atoms with Crippen molar-refractivity contribution >= 4 is 10.2 Å². The maximum Gasteiger partial charge on any atom is 0.282 e. The van der Waals surface area contributed by atoms with E-state index in [4.69, 9.17) is 10.5 Å². The first kappa shape index (κ1) is 16.2. The third-order valence-electron chi connectivity index (χ3n) is 4.25. The Labute approximate surface area is 122 Å². The highest BCUT2D eigenvalue weighted by Gasteiger charge is 2.41. The summed E-state index contributed by atoms with van der Waals surface area (Å²) in [4.78, 5) is 0. The lowest BCUT2D eigenvalue weighted by molar-refractivity contribution is -0.0200. The van der Waals surface area contributed by atoms with Crippen LogP contribution in [0.3, 0.4) is 0 Å². The number of ether oxygens (including phenoxy) is 1. The molecule has 0 bridgehead atoms. The first-order chi connectivity index (χ1) is 9.34. The van der Waals surface area contributed by atoms with Crippen LogP contribution in [0.4, 0.5) is 0 Å². The van der Waals surface area contributed by atoms with Crippen LogP contribution in [0.1, 0.15) is 40.0 Å². The van der Waals surface area contributed by atoms with Crippen LogP contribution < -0.4 is 5.73 Å². The Morgan fingerprint density at radius 3 is 2.60 bits per heavy atom. The fourth-order valence-electron chi connectivity index (χ4n) is 3.07.